The fraction of sp³-hybridized carbons (Fsp3) is 0.533. The molecule has 5 nitrogen and oxygen atoms in total. The fourth-order valence-electron chi connectivity index (χ4n) is 1.83. The van der Waals surface area contributed by atoms with Gasteiger partial charge in [0.25, 0.3) is 0 Å². The topological polar surface area (TPSA) is 76.0 Å². The maximum atomic E-state index is 10.9. The van der Waals surface area contributed by atoms with Crippen LogP contribution < -0.4 is 4.74 Å². The number of rotatable bonds is 7. The Bertz CT molecular complexity index is 444. The molecule has 112 valence electrons. The van der Waals surface area contributed by atoms with E-state index >= 15 is 0 Å². The lowest BCUT2D eigenvalue weighted by molar-refractivity contribution is -0.0124. The van der Waals surface area contributed by atoms with E-state index in [0.29, 0.717) is 5.75 Å². The Morgan fingerprint density at radius 1 is 1.20 bits per heavy atom. The molecule has 20 heavy (non-hydrogen) atoms. The molecule has 0 bridgehead atoms. The van der Waals surface area contributed by atoms with Crippen LogP contribution in [0.5, 0.6) is 5.75 Å². The quantitative estimate of drug-likeness (QED) is 0.801. The van der Waals surface area contributed by atoms with Gasteiger partial charge in [0.1, 0.15) is 18.5 Å². The highest BCUT2D eigenvalue weighted by atomic mass is 16.5. The summed E-state index contributed by atoms with van der Waals surface area (Å²) in [7, 11) is 0. The third kappa shape index (κ3) is 4.83. The van der Waals surface area contributed by atoms with Crippen LogP contribution in [-0.4, -0.2) is 41.6 Å². The second kappa shape index (κ2) is 7.26. The molecule has 0 aliphatic heterocycles. The number of benzene rings is 1. The summed E-state index contributed by atoms with van der Waals surface area (Å²) in [6.45, 7) is 7.68. The molecular formula is C15H22O5. The number of aliphatic hydroxyl groups excluding tert-OH is 1. The molecule has 0 saturated heterocycles. The number of carboxylic acid groups (broad SMARTS) is 1. The molecule has 1 unspecified atom stereocenters. The van der Waals surface area contributed by atoms with E-state index in [9.17, 15) is 9.90 Å². The SMILES string of the molecule is Cc1cc(C(=O)O)cc(C)c1OCC(O)COC(C)C. The van der Waals surface area contributed by atoms with Crippen molar-refractivity contribution >= 4 is 5.97 Å². The van der Waals surface area contributed by atoms with Gasteiger partial charge in [-0.05, 0) is 51.0 Å². The van der Waals surface area contributed by atoms with Gasteiger partial charge in [0.2, 0.25) is 0 Å². The molecular weight excluding hydrogens is 260 g/mol. The van der Waals surface area contributed by atoms with Gasteiger partial charge in [0, 0.05) is 0 Å². The van der Waals surface area contributed by atoms with Crippen molar-refractivity contribution in [3.63, 3.8) is 0 Å². The third-order valence-electron chi connectivity index (χ3n) is 2.75. The van der Waals surface area contributed by atoms with Gasteiger partial charge in [0.15, 0.2) is 0 Å². The van der Waals surface area contributed by atoms with Crippen LogP contribution in [0.3, 0.4) is 0 Å². The Kier molecular flexibility index (Phi) is 5.98. The fourth-order valence-corrected chi connectivity index (χ4v) is 1.83. The number of aliphatic hydroxyl groups is 1. The number of hydrogen-bond acceptors (Lipinski definition) is 4. The number of ether oxygens (including phenoxy) is 2. The number of hydrogen-bond donors (Lipinski definition) is 2. The highest BCUT2D eigenvalue weighted by molar-refractivity contribution is 5.88. The molecule has 0 heterocycles. The van der Waals surface area contributed by atoms with Crippen molar-refractivity contribution in [2.45, 2.75) is 39.9 Å². The first kappa shape index (κ1) is 16.5. The van der Waals surface area contributed by atoms with Gasteiger partial charge in [-0.1, -0.05) is 0 Å². The molecule has 0 saturated carbocycles. The predicted octanol–water partition coefficient (Wildman–Crippen LogP) is 2.17. The summed E-state index contributed by atoms with van der Waals surface area (Å²) < 4.78 is 10.9. The van der Waals surface area contributed by atoms with Crippen molar-refractivity contribution in [3.8, 4) is 5.75 Å². The van der Waals surface area contributed by atoms with Crippen LogP contribution >= 0.6 is 0 Å². The van der Waals surface area contributed by atoms with Crippen molar-refractivity contribution in [1.29, 1.82) is 0 Å². The minimum Gasteiger partial charge on any atom is -0.490 e. The van der Waals surface area contributed by atoms with Gasteiger partial charge in [-0.3, -0.25) is 0 Å². The van der Waals surface area contributed by atoms with E-state index < -0.39 is 12.1 Å². The molecule has 5 heteroatoms. The molecule has 0 aromatic heterocycles. The first-order chi connectivity index (χ1) is 9.31. The molecule has 1 rings (SSSR count). The van der Waals surface area contributed by atoms with Gasteiger partial charge in [-0.15, -0.1) is 0 Å². The second-order valence-electron chi connectivity index (χ2n) is 5.09. The average Bonchev–Trinajstić information content (AvgIpc) is 2.34. The van der Waals surface area contributed by atoms with Crippen molar-refractivity contribution < 1.29 is 24.5 Å². The van der Waals surface area contributed by atoms with Crippen molar-refractivity contribution in [2.75, 3.05) is 13.2 Å². The van der Waals surface area contributed by atoms with Gasteiger partial charge in [-0.25, -0.2) is 4.79 Å². The highest BCUT2D eigenvalue weighted by Crippen LogP contribution is 2.25. The van der Waals surface area contributed by atoms with E-state index in [1.54, 1.807) is 26.0 Å². The van der Waals surface area contributed by atoms with E-state index in [2.05, 4.69) is 0 Å². The van der Waals surface area contributed by atoms with Crippen LogP contribution in [0.15, 0.2) is 12.1 Å². The largest absolute Gasteiger partial charge is 0.490 e. The summed E-state index contributed by atoms with van der Waals surface area (Å²) in [6.07, 6.45) is -0.654. The zero-order valence-electron chi connectivity index (χ0n) is 12.3. The Morgan fingerprint density at radius 2 is 1.75 bits per heavy atom. The van der Waals surface area contributed by atoms with Crippen molar-refractivity contribution in [3.05, 3.63) is 28.8 Å². The first-order valence-corrected chi connectivity index (χ1v) is 6.58. The summed E-state index contributed by atoms with van der Waals surface area (Å²) in [5.41, 5.74) is 1.70. The maximum Gasteiger partial charge on any atom is 0.335 e. The Hall–Kier alpha value is -1.59. The van der Waals surface area contributed by atoms with Crippen molar-refractivity contribution in [2.24, 2.45) is 0 Å². The molecule has 0 amide bonds. The Morgan fingerprint density at radius 3 is 2.20 bits per heavy atom. The molecule has 1 aromatic rings. The summed E-state index contributed by atoms with van der Waals surface area (Å²) in [4.78, 5) is 10.9. The minimum absolute atomic E-state index is 0.0583. The summed E-state index contributed by atoms with van der Waals surface area (Å²) in [5.74, 6) is -0.355. The van der Waals surface area contributed by atoms with Crippen LogP contribution in [0.1, 0.15) is 35.3 Å². The Labute approximate surface area is 119 Å². The lowest BCUT2D eigenvalue weighted by Crippen LogP contribution is -2.25. The zero-order valence-corrected chi connectivity index (χ0v) is 12.3. The van der Waals surface area contributed by atoms with Gasteiger partial charge >= 0.3 is 5.97 Å². The lowest BCUT2D eigenvalue weighted by atomic mass is 10.1. The molecule has 2 N–H and O–H groups in total. The molecule has 1 aromatic carbocycles. The van der Waals surface area contributed by atoms with Crippen LogP contribution in [0.2, 0.25) is 0 Å². The summed E-state index contributed by atoms with van der Waals surface area (Å²) in [5, 5.41) is 18.7. The van der Waals surface area contributed by atoms with Crippen LogP contribution in [0.4, 0.5) is 0 Å². The zero-order chi connectivity index (χ0) is 15.3. The molecule has 1 atom stereocenters. The normalized spacial score (nSPS) is 12.5. The third-order valence-corrected chi connectivity index (χ3v) is 2.75. The molecule has 0 fully saturated rings. The van der Waals surface area contributed by atoms with Crippen LogP contribution in [-0.2, 0) is 4.74 Å². The average molecular weight is 282 g/mol. The van der Waals surface area contributed by atoms with Crippen LogP contribution in [0, 0.1) is 13.8 Å². The summed E-state index contributed by atoms with van der Waals surface area (Å²) in [6, 6.07) is 3.11. The molecule has 0 aliphatic rings. The standard InChI is InChI=1S/C15H22O5/c1-9(2)19-7-13(16)8-20-14-10(3)5-12(15(17)18)6-11(14)4/h5-6,9,13,16H,7-8H2,1-4H3,(H,17,18). The van der Waals surface area contributed by atoms with Crippen molar-refractivity contribution in [1.82, 2.24) is 0 Å². The molecule has 0 spiro atoms. The monoisotopic (exact) mass is 282 g/mol. The van der Waals surface area contributed by atoms with Gasteiger partial charge in [-0.2, -0.15) is 0 Å². The van der Waals surface area contributed by atoms with E-state index in [4.69, 9.17) is 14.6 Å². The second-order valence-corrected chi connectivity index (χ2v) is 5.09. The molecule has 0 radical (unpaired) electrons. The van der Waals surface area contributed by atoms with E-state index in [1.165, 1.54) is 0 Å². The van der Waals surface area contributed by atoms with E-state index in [-0.39, 0.29) is 24.9 Å². The van der Waals surface area contributed by atoms with Crippen LogP contribution in [0.25, 0.3) is 0 Å². The minimum atomic E-state index is -0.965. The number of aryl methyl sites for hydroxylation is 2. The number of aromatic carboxylic acids is 1. The predicted molar refractivity (Wildman–Crippen MR) is 75.5 cm³/mol. The lowest BCUT2D eigenvalue weighted by Gasteiger charge is -2.17. The Balaban J connectivity index is 2.66. The smallest absolute Gasteiger partial charge is 0.335 e. The maximum absolute atomic E-state index is 10.9. The number of carbonyl (C=O) groups is 1. The highest BCUT2D eigenvalue weighted by Gasteiger charge is 2.13. The number of carboxylic acids is 1. The van der Waals surface area contributed by atoms with E-state index in [1.807, 2.05) is 13.8 Å². The van der Waals surface area contributed by atoms with E-state index in [0.717, 1.165) is 11.1 Å². The summed E-state index contributed by atoms with van der Waals surface area (Å²) >= 11 is 0. The van der Waals surface area contributed by atoms with Gasteiger partial charge < -0.3 is 19.7 Å². The molecule has 0 aliphatic carbocycles. The van der Waals surface area contributed by atoms with Gasteiger partial charge in [0.05, 0.1) is 18.3 Å². The first-order valence-electron chi connectivity index (χ1n) is 6.58.